The molecule has 0 aromatic carbocycles. The molecule has 2 aromatic heterocycles. The Morgan fingerprint density at radius 3 is 2.63 bits per heavy atom. The van der Waals surface area contributed by atoms with Gasteiger partial charge in [-0.1, -0.05) is 0 Å². The highest BCUT2D eigenvalue weighted by Gasteiger charge is 2.17. The van der Waals surface area contributed by atoms with Gasteiger partial charge >= 0.3 is 0 Å². The highest BCUT2D eigenvalue weighted by molar-refractivity contribution is 5.65. The monoisotopic (exact) mass is 262 g/mol. The van der Waals surface area contributed by atoms with E-state index in [0.717, 1.165) is 35.1 Å². The second kappa shape index (κ2) is 4.99. The maximum absolute atomic E-state index is 6.08. The summed E-state index contributed by atoms with van der Waals surface area (Å²) >= 11 is 0. The molecule has 0 saturated heterocycles. The average molecular weight is 262 g/mol. The Balaban J connectivity index is 2.28. The largest absolute Gasteiger partial charge is 0.466 e. The molecule has 0 saturated carbocycles. The van der Waals surface area contributed by atoms with Crippen molar-refractivity contribution in [1.29, 1.82) is 0 Å². The van der Waals surface area contributed by atoms with Crippen molar-refractivity contribution in [2.24, 2.45) is 0 Å². The van der Waals surface area contributed by atoms with Gasteiger partial charge in [-0.15, -0.1) is 0 Å². The molecule has 1 atom stereocenters. The highest BCUT2D eigenvalue weighted by atomic mass is 16.3. The van der Waals surface area contributed by atoms with E-state index < -0.39 is 0 Å². The summed E-state index contributed by atoms with van der Waals surface area (Å²) in [5.41, 5.74) is 8.80. The average Bonchev–Trinajstić information content (AvgIpc) is 2.83. The van der Waals surface area contributed by atoms with Crippen LogP contribution in [0.3, 0.4) is 0 Å². The smallest absolute Gasteiger partial charge is 0.148 e. The fraction of sp³-hybridized carbons (Fsp3) is 0.500. The van der Waals surface area contributed by atoms with Crippen LogP contribution in [0.15, 0.2) is 10.5 Å². The van der Waals surface area contributed by atoms with Gasteiger partial charge in [0.05, 0.1) is 17.4 Å². The molecule has 0 fully saturated rings. The lowest BCUT2D eigenvalue weighted by Crippen LogP contribution is -2.12. The zero-order valence-corrected chi connectivity index (χ0v) is 12.2. The second-order valence-corrected chi connectivity index (χ2v) is 4.90. The molecular formula is C14H22N4O. The first kappa shape index (κ1) is 13.5. The van der Waals surface area contributed by atoms with Crippen LogP contribution in [0.25, 0.3) is 0 Å². The van der Waals surface area contributed by atoms with Crippen molar-refractivity contribution in [2.75, 3.05) is 11.1 Å². The molecule has 2 rings (SSSR count). The van der Waals surface area contributed by atoms with Gasteiger partial charge in [0.15, 0.2) is 0 Å². The van der Waals surface area contributed by atoms with Crippen LogP contribution in [0.2, 0.25) is 0 Å². The Labute approximate surface area is 113 Å². The molecule has 0 aliphatic carbocycles. The first-order valence-corrected chi connectivity index (χ1v) is 6.60. The van der Waals surface area contributed by atoms with E-state index in [1.807, 2.05) is 25.5 Å². The zero-order valence-electron chi connectivity index (χ0n) is 12.2. The summed E-state index contributed by atoms with van der Waals surface area (Å²) in [6.07, 6.45) is 0. The van der Waals surface area contributed by atoms with Gasteiger partial charge in [0, 0.05) is 12.1 Å². The number of nitrogens with zero attached hydrogens (tertiary/aromatic N) is 2. The van der Waals surface area contributed by atoms with Crippen LogP contribution >= 0.6 is 0 Å². The number of aryl methyl sites for hydroxylation is 4. The Morgan fingerprint density at radius 2 is 2.11 bits per heavy atom. The summed E-state index contributed by atoms with van der Waals surface area (Å²) < 4.78 is 7.46. The summed E-state index contributed by atoms with van der Waals surface area (Å²) in [6, 6.07) is 2.18. The van der Waals surface area contributed by atoms with Gasteiger partial charge in [0.2, 0.25) is 0 Å². The van der Waals surface area contributed by atoms with E-state index in [9.17, 15) is 0 Å². The van der Waals surface area contributed by atoms with Crippen LogP contribution < -0.4 is 11.1 Å². The SMILES string of the molecule is CCn1nc(C)c(N)c1NC(C)c1cc(C)oc1C. The van der Waals surface area contributed by atoms with Crippen LogP contribution in [0.1, 0.15) is 42.7 Å². The predicted octanol–water partition coefficient (Wildman–Crippen LogP) is 3.18. The molecule has 3 N–H and O–H groups in total. The highest BCUT2D eigenvalue weighted by Crippen LogP contribution is 2.29. The fourth-order valence-corrected chi connectivity index (χ4v) is 2.34. The minimum atomic E-state index is 0.126. The zero-order chi connectivity index (χ0) is 14.2. The number of furan rings is 1. The molecule has 0 bridgehead atoms. The van der Waals surface area contributed by atoms with E-state index in [-0.39, 0.29) is 6.04 Å². The number of hydrogen-bond donors (Lipinski definition) is 2. The van der Waals surface area contributed by atoms with Gasteiger partial charge in [-0.3, -0.25) is 0 Å². The quantitative estimate of drug-likeness (QED) is 0.888. The molecule has 0 radical (unpaired) electrons. The Bertz CT molecular complexity index is 583. The van der Waals surface area contributed by atoms with Crippen LogP contribution in [-0.2, 0) is 6.54 Å². The van der Waals surface area contributed by atoms with Crippen LogP contribution in [0, 0.1) is 20.8 Å². The molecule has 2 aromatic rings. The number of nitrogens with one attached hydrogen (secondary N) is 1. The molecule has 19 heavy (non-hydrogen) atoms. The molecule has 0 aliphatic rings. The lowest BCUT2D eigenvalue weighted by molar-refractivity contribution is 0.499. The molecule has 0 amide bonds. The number of rotatable bonds is 4. The third-order valence-corrected chi connectivity index (χ3v) is 3.37. The molecule has 0 aliphatic heterocycles. The minimum Gasteiger partial charge on any atom is -0.466 e. The number of anilines is 2. The van der Waals surface area contributed by atoms with Gasteiger partial charge < -0.3 is 15.5 Å². The van der Waals surface area contributed by atoms with Gasteiger partial charge in [0.1, 0.15) is 17.3 Å². The summed E-state index contributed by atoms with van der Waals surface area (Å²) in [5.74, 6) is 2.75. The summed E-state index contributed by atoms with van der Waals surface area (Å²) in [7, 11) is 0. The lowest BCUT2D eigenvalue weighted by atomic mass is 10.1. The number of nitrogen functional groups attached to an aromatic ring is 1. The predicted molar refractivity (Wildman–Crippen MR) is 77.3 cm³/mol. The fourth-order valence-electron chi connectivity index (χ4n) is 2.34. The van der Waals surface area contributed by atoms with E-state index in [0.29, 0.717) is 5.69 Å². The van der Waals surface area contributed by atoms with Crippen molar-refractivity contribution >= 4 is 11.5 Å². The van der Waals surface area contributed by atoms with Crippen molar-refractivity contribution < 1.29 is 4.42 Å². The van der Waals surface area contributed by atoms with Crippen molar-refractivity contribution in [1.82, 2.24) is 9.78 Å². The van der Waals surface area contributed by atoms with E-state index >= 15 is 0 Å². The van der Waals surface area contributed by atoms with Crippen molar-refractivity contribution in [2.45, 2.75) is 47.2 Å². The minimum absolute atomic E-state index is 0.126. The topological polar surface area (TPSA) is 69.0 Å². The Kier molecular flexibility index (Phi) is 3.55. The van der Waals surface area contributed by atoms with E-state index in [1.165, 1.54) is 0 Å². The summed E-state index contributed by atoms with van der Waals surface area (Å²) in [4.78, 5) is 0. The molecule has 1 unspecified atom stereocenters. The first-order chi connectivity index (χ1) is 8.93. The summed E-state index contributed by atoms with van der Waals surface area (Å²) in [5, 5.41) is 7.85. The van der Waals surface area contributed by atoms with Gasteiger partial charge in [-0.25, -0.2) is 4.68 Å². The number of hydrogen-bond acceptors (Lipinski definition) is 4. The Morgan fingerprint density at radius 1 is 1.42 bits per heavy atom. The van der Waals surface area contributed by atoms with Crippen LogP contribution in [0.5, 0.6) is 0 Å². The van der Waals surface area contributed by atoms with Gasteiger partial charge in [0.25, 0.3) is 0 Å². The molecule has 104 valence electrons. The maximum atomic E-state index is 6.08. The molecule has 0 spiro atoms. The van der Waals surface area contributed by atoms with E-state index in [1.54, 1.807) is 0 Å². The normalized spacial score (nSPS) is 12.7. The van der Waals surface area contributed by atoms with Gasteiger partial charge in [-0.2, -0.15) is 5.10 Å². The van der Waals surface area contributed by atoms with Gasteiger partial charge in [-0.05, 0) is 40.7 Å². The number of aromatic nitrogens is 2. The third kappa shape index (κ3) is 2.45. The standard InChI is InChI=1S/C14H22N4O/c1-6-18-14(13(15)10(4)17-18)16-9(3)12-7-8(2)19-11(12)5/h7,9,16H,6,15H2,1-5H3. The van der Waals surface area contributed by atoms with E-state index in [2.05, 4.69) is 30.3 Å². The Hall–Kier alpha value is -1.91. The molecule has 5 nitrogen and oxygen atoms in total. The lowest BCUT2D eigenvalue weighted by Gasteiger charge is -2.16. The van der Waals surface area contributed by atoms with E-state index in [4.69, 9.17) is 10.2 Å². The van der Waals surface area contributed by atoms with Crippen LogP contribution in [0.4, 0.5) is 11.5 Å². The second-order valence-electron chi connectivity index (χ2n) is 4.90. The van der Waals surface area contributed by atoms with Crippen molar-refractivity contribution in [3.05, 3.63) is 28.8 Å². The van der Waals surface area contributed by atoms with Crippen molar-refractivity contribution in [3.63, 3.8) is 0 Å². The number of nitrogens with two attached hydrogens (primary N) is 1. The third-order valence-electron chi connectivity index (χ3n) is 3.37. The molecular weight excluding hydrogens is 240 g/mol. The summed E-state index contributed by atoms with van der Waals surface area (Å²) in [6.45, 7) is 10.8. The molecule has 5 heteroatoms. The van der Waals surface area contributed by atoms with Crippen LogP contribution in [-0.4, -0.2) is 9.78 Å². The maximum Gasteiger partial charge on any atom is 0.148 e. The first-order valence-electron chi connectivity index (χ1n) is 6.60. The van der Waals surface area contributed by atoms with Crippen molar-refractivity contribution in [3.8, 4) is 0 Å². The molecule has 2 heterocycles.